The first-order valence-corrected chi connectivity index (χ1v) is 9.44. The third-order valence-electron chi connectivity index (χ3n) is 5.10. The number of aliphatic hydroxyl groups excluding tert-OH is 1. The van der Waals surface area contributed by atoms with Gasteiger partial charge in [0, 0.05) is 45.1 Å². The van der Waals surface area contributed by atoms with Gasteiger partial charge in [0.15, 0.2) is 0 Å². The van der Waals surface area contributed by atoms with Gasteiger partial charge in [-0.25, -0.2) is 4.79 Å². The Hall–Kier alpha value is -2.44. The molecule has 0 saturated carbocycles. The molecule has 1 saturated heterocycles. The summed E-state index contributed by atoms with van der Waals surface area (Å²) in [4.78, 5) is 21.2. The van der Waals surface area contributed by atoms with Crippen LogP contribution in [0.5, 0.6) is 0 Å². The maximum absolute atomic E-state index is 12.9. The highest BCUT2D eigenvalue weighted by atomic mass is 16.3. The molecule has 1 atom stereocenters. The minimum Gasteiger partial charge on any atom is -0.395 e. The van der Waals surface area contributed by atoms with Crippen molar-refractivity contribution in [1.29, 1.82) is 0 Å². The SMILES string of the molecule is Cc1ccc([C@@H](NC(=O)N2CCN(CCO)CC2)c2cccnc2)c(C)c1. The Labute approximate surface area is 160 Å². The molecule has 6 nitrogen and oxygen atoms in total. The lowest BCUT2D eigenvalue weighted by atomic mass is 9.95. The maximum Gasteiger partial charge on any atom is 0.318 e. The summed E-state index contributed by atoms with van der Waals surface area (Å²) in [5.74, 6) is 0. The van der Waals surface area contributed by atoms with Gasteiger partial charge in [0.05, 0.1) is 12.6 Å². The fourth-order valence-corrected chi connectivity index (χ4v) is 3.57. The van der Waals surface area contributed by atoms with Crippen LogP contribution in [0.4, 0.5) is 4.79 Å². The van der Waals surface area contributed by atoms with E-state index in [4.69, 9.17) is 5.11 Å². The Morgan fingerprint density at radius 1 is 1.22 bits per heavy atom. The number of carbonyl (C=O) groups excluding carboxylic acids is 1. The minimum absolute atomic E-state index is 0.0625. The van der Waals surface area contributed by atoms with Crippen molar-refractivity contribution < 1.29 is 9.90 Å². The molecular weight excluding hydrogens is 340 g/mol. The number of aromatic nitrogens is 1. The number of nitrogens with one attached hydrogen (secondary N) is 1. The average molecular weight is 368 g/mol. The van der Waals surface area contributed by atoms with Gasteiger partial charge in [-0.2, -0.15) is 0 Å². The van der Waals surface area contributed by atoms with Crippen LogP contribution in [0.25, 0.3) is 0 Å². The van der Waals surface area contributed by atoms with E-state index in [1.165, 1.54) is 5.56 Å². The Bertz CT molecular complexity index is 758. The Morgan fingerprint density at radius 3 is 2.63 bits per heavy atom. The number of rotatable bonds is 5. The zero-order valence-electron chi connectivity index (χ0n) is 16.1. The zero-order valence-corrected chi connectivity index (χ0v) is 16.1. The van der Waals surface area contributed by atoms with E-state index in [1.807, 2.05) is 23.2 Å². The second kappa shape index (κ2) is 8.97. The predicted molar refractivity (Wildman–Crippen MR) is 106 cm³/mol. The number of aryl methyl sites for hydroxylation is 2. The molecule has 144 valence electrons. The predicted octanol–water partition coefficient (Wildman–Crippen LogP) is 2.11. The zero-order chi connectivity index (χ0) is 19.2. The summed E-state index contributed by atoms with van der Waals surface area (Å²) in [6.07, 6.45) is 3.55. The molecule has 1 fully saturated rings. The van der Waals surface area contributed by atoms with E-state index >= 15 is 0 Å². The molecule has 2 aromatic rings. The minimum atomic E-state index is -0.234. The number of nitrogens with zero attached hydrogens (tertiary/aromatic N) is 3. The van der Waals surface area contributed by atoms with Crippen molar-refractivity contribution >= 4 is 6.03 Å². The van der Waals surface area contributed by atoms with E-state index in [-0.39, 0.29) is 18.7 Å². The van der Waals surface area contributed by atoms with Gasteiger partial charge in [-0.15, -0.1) is 0 Å². The molecule has 6 heteroatoms. The normalized spacial score (nSPS) is 16.2. The van der Waals surface area contributed by atoms with E-state index in [9.17, 15) is 4.79 Å². The van der Waals surface area contributed by atoms with Gasteiger partial charge in [-0.3, -0.25) is 9.88 Å². The monoisotopic (exact) mass is 368 g/mol. The molecule has 1 aromatic carbocycles. The first-order valence-electron chi connectivity index (χ1n) is 9.44. The molecule has 2 N–H and O–H groups in total. The lowest BCUT2D eigenvalue weighted by Crippen LogP contribution is -2.52. The Morgan fingerprint density at radius 2 is 2.00 bits per heavy atom. The number of benzene rings is 1. The number of β-amino-alcohol motifs (C(OH)–C–C–N with tert-alkyl or cyclic N) is 1. The van der Waals surface area contributed by atoms with E-state index in [0.29, 0.717) is 19.6 Å². The van der Waals surface area contributed by atoms with Crippen LogP contribution in [0.1, 0.15) is 28.3 Å². The molecule has 1 aromatic heterocycles. The van der Waals surface area contributed by atoms with Crippen LogP contribution in [0.3, 0.4) is 0 Å². The van der Waals surface area contributed by atoms with Crippen molar-refractivity contribution in [3.05, 3.63) is 65.0 Å². The van der Waals surface area contributed by atoms with Crippen LogP contribution < -0.4 is 5.32 Å². The maximum atomic E-state index is 12.9. The van der Waals surface area contributed by atoms with Crippen LogP contribution in [-0.4, -0.2) is 65.3 Å². The van der Waals surface area contributed by atoms with Gasteiger partial charge < -0.3 is 15.3 Å². The van der Waals surface area contributed by atoms with Gasteiger partial charge in [-0.05, 0) is 36.6 Å². The molecule has 0 radical (unpaired) electrons. The van der Waals surface area contributed by atoms with Crippen LogP contribution in [-0.2, 0) is 0 Å². The van der Waals surface area contributed by atoms with Crippen molar-refractivity contribution in [2.45, 2.75) is 19.9 Å². The third kappa shape index (κ3) is 4.84. The molecule has 2 heterocycles. The highest BCUT2D eigenvalue weighted by Gasteiger charge is 2.25. The van der Waals surface area contributed by atoms with Crippen LogP contribution in [0.2, 0.25) is 0 Å². The molecule has 0 unspecified atom stereocenters. The highest BCUT2D eigenvalue weighted by molar-refractivity contribution is 5.75. The molecular formula is C21H28N4O2. The topological polar surface area (TPSA) is 68.7 Å². The van der Waals surface area contributed by atoms with Crippen molar-refractivity contribution in [2.75, 3.05) is 39.3 Å². The van der Waals surface area contributed by atoms with Gasteiger partial charge in [0.25, 0.3) is 0 Å². The fourth-order valence-electron chi connectivity index (χ4n) is 3.57. The molecule has 1 aliphatic heterocycles. The Kier molecular flexibility index (Phi) is 6.42. The average Bonchev–Trinajstić information content (AvgIpc) is 2.68. The summed E-state index contributed by atoms with van der Waals surface area (Å²) in [5.41, 5.74) is 4.40. The van der Waals surface area contributed by atoms with E-state index in [0.717, 1.165) is 29.8 Å². The second-order valence-corrected chi connectivity index (χ2v) is 7.08. The van der Waals surface area contributed by atoms with Gasteiger partial charge >= 0.3 is 6.03 Å². The molecule has 27 heavy (non-hydrogen) atoms. The molecule has 0 spiro atoms. The van der Waals surface area contributed by atoms with Crippen molar-refractivity contribution in [3.63, 3.8) is 0 Å². The highest BCUT2D eigenvalue weighted by Crippen LogP contribution is 2.25. The summed E-state index contributed by atoms with van der Waals surface area (Å²) < 4.78 is 0. The smallest absolute Gasteiger partial charge is 0.318 e. The molecule has 3 rings (SSSR count). The van der Waals surface area contributed by atoms with Crippen molar-refractivity contribution in [3.8, 4) is 0 Å². The van der Waals surface area contributed by atoms with Crippen LogP contribution in [0.15, 0.2) is 42.7 Å². The summed E-state index contributed by atoms with van der Waals surface area (Å²) in [6.45, 7) is 7.87. The van der Waals surface area contributed by atoms with Crippen LogP contribution >= 0.6 is 0 Å². The molecule has 1 aliphatic rings. The van der Waals surface area contributed by atoms with Gasteiger partial charge in [0.1, 0.15) is 0 Å². The second-order valence-electron chi connectivity index (χ2n) is 7.08. The number of pyridine rings is 1. The number of aliphatic hydroxyl groups is 1. The summed E-state index contributed by atoms with van der Waals surface area (Å²) in [7, 11) is 0. The first-order chi connectivity index (χ1) is 13.1. The quantitative estimate of drug-likeness (QED) is 0.848. The number of piperazine rings is 1. The van der Waals surface area contributed by atoms with Crippen LogP contribution in [0, 0.1) is 13.8 Å². The summed E-state index contributed by atoms with van der Waals surface area (Å²) in [5, 5.41) is 12.3. The van der Waals surface area contributed by atoms with E-state index < -0.39 is 0 Å². The number of carbonyl (C=O) groups is 1. The number of amides is 2. The molecule has 0 bridgehead atoms. The van der Waals surface area contributed by atoms with E-state index in [1.54, 1.807) is 6.20 Å². The molecule has 2 amide bonds. The number of urea groups is 1. The standard InChI is InChI=1S/C21H28N4O2/c1-16-5-6-19(17(2)14-16)20(18-4-3-7-22-15-18)23-21(27)25-10-8-24(9-11-25)12-13-26/h3-7,14-15,20,26H,8-13H2,1-2H3,(H,23,27)/t20-/m0/s1. The largest absolute Gasteiger partial charge is 0.395 e. The molecule has 0 aliphatic carbocycles. The lowest BCUT2D eigenvalue weighted by Gasteiger charge is -2.35. The summed E-state index contributed by atoms with van der Waals surface area (Å²) in [6, 6.07) is 9.89. The van der Waals surface area contributed by atoms with Gasteiger partial charge in [-0.1, -0.05) is 29.8 Å². The Balaban J connectivity index is 1.77. The fraction of sp³-hybridized carbons (Fsp3) is 0.429. The van der Waals surface area contributed by atoms with Crippen molar-refractivity contribution in [1.82, 2.24) is 20.1 Å². The van der Waals surface area contributed by atoms with E-state index in [2.05, 4.69) is 47.2 Å². The summed E-state index contributed by atoms with van der Waals surface area (Å²) >= 11 is 0. The number of hydrogen-bond acceptors (Lipinski definition) is 4. The van der Waals surface area contributed by atoms with Gasteiger partial charge in [0.2, 0.25) is 0 Å². The number of hydrogen-bond donors (Lipinski definition) is 2. The van der Waals surface area contributed by atoms with Crippen molar-refractivity contribution in [2.24, 2.45) is 0 Å². The first kappa shape index (κ1) is 19.3. The third-order valence-corrected chi connectivity index (χ3v) is 5.10. The lowest BCUT2D eigenvalue weighted by molar-refractivity contribution is 0.121.